The highest BCUT2D eigenvalue weighted by atomic mass is 32.2. The molecule has 1 aliphatic rings. The van der Waals surface area contributed by atoms with Crippen LogP contribution in [0.5, 0.6) is 0 Å². The molecule has 1 fully saturated rings. The molecule has 0 spiro atoms. The smallest absolute Gasteiger partial charge is 0.284 e. The van der Waals surface area contributed by atoms with Gasteiger partial charge in [-0.05, 0) is 54.8 Å². The first-order valence-electron chi connectivity index (χ1n) is 9.70. The van der Waals surface area contributed by atoms with Gasteiger partial charge in [0.1, 0.15) is 0 Å². The van der Waals surface area contributed by atoms with E-state index in [0.717, 1.165) is 36.2 Å². The molecule has 0 radical (unpaired) electrons. The van der Waals surface area contributed by atoms with Gasteiger partial charge in [0.15, 0.2) is 0 Å². The Hall–Kier alpha value is -2.76. The molecule has 1 aliphatic heterocycles. The third-order valence-corrected chi connectivity index (χ3v) is 7.77. The SMILES string of the molecule is CC1CCCN(S(=O)(=O)c2ccc(Sc3nnc(-c4ccccc4)o3)c([N+](=O)[O-])c2)C1. The minimum absolute atomic E-state index is 0.0897. The molecule has 0 aliphatic carbocycles. The maximum absolute atomic E-state index is 13.0. The van der Waals surface area contributed by atoms with Crippen molar-refractivity contribution in [3.8, 4) is 11.5 Å². The van der Waals surface area contributed by atoms with Crippen molar-refractivity contribution in [3.63, 3.8) is 0 Å². The van der Waals surface area contributed by atoms with Crippen molar-refractivity contribution in [2.45, 2.75) is 34.8 Å². The number of benzene rings is 2. The Kier molecular flexibility index (Phi) is 6.08. The quantitative estimate of drug-likeness (QED) is 0.396. The lowest BCUT2D eigenvalue weighted by molar-refractivity contribution is -0.388. The van der Waals surface area contributed by atoms with E-state index in [0.29, 0.717) is 19.0 Å². The molecule has 2 heterocycles. The number of nitro benzene ring substituents is 1. The molecule has 31 heavy (non-hydrogen) atoms. The number of sulfonamides is 1. The van der Waals surface area contributed by atoms with Crippen molar-refractivity contribution in [2.75, 3.05) is 13.1 Å². The van der Waals surface area contributed by atoms with E-state index in [1.54, 1.807) is 0 Å². The van der Waals surface area contributed by atoms with Crippen LogP contribution in [0.3, 0.4) is 0 Å². The Bertz CT molecular complexity index is 1200. The van der Waals surface area contributed by atoms with Gasteiger partial charge in [-0.1, -0.05) is 25.1 Å². The normalized spacial score (nSPS) is 17.5. The van der Waals surface area contributed by atoms with Crippen molar-refractivity contribution in [3.05, 3.63) is 58.6 Å². The van der Waals surface area contributed by atoms with Crippen LogP contribution in [-0.2, 0) is 10.0 Å². The topological polar surface area (TPSA) is 119 Å². The van der Waals surface area contributed by atoms with Gasteiger partial charge in [-0.25, -0.2) is 8.42 Å². The zero-order valence-corrected chi connectivity index (χ0v) is 18.3. The van der Waals surface area contributed by atoms with E-state index in [9.17, 15) is 18.5 Å². The first kappa shape index (κ1) is 21.5. The highest BCUT2D eigenvalue weighted by Gasteiger charge is 2.31. The molecule has 0 saturated carbocycles. The monoisotopic (exact) mass is 460 g/mol. The molecule has 9 nitrogen and oxygen atoms in total. The van der Waals surface area contributed by atoms with Crippen LogP contribution in [0.2, 0.25) is 0 Å². The molecule has 1 saturated heterocycles. The van der Waals surface area contributed by atoms with E-state index in [1.165, 1.54) is 16.4 Å². The van der Waals surface area contributed by atoms with Crippen LogP contribution in [0.1, 0.15) is 19.8 Å². The van der Waals surface area contributed by atoms with Crippen molar-refractivity contribution in [2.24, 2.45) is 5.92 Å². The summed E-state index contributed by atoms with van der Waals surface area (Å²) in [6, 6.07) is 13.0. The van der Waals surface area contributed by atoms with Crippen LogP contribution >= 0.6 is 11.8 Å². The van der Waals surface area contributed by atoms with E-state index in [1.807, 2.05) is 37.3 Å². The summed E-state index contributed by atoms with van der Waals surface area (Å²) in [6.45, 7) is 2.83. The average Bonchev–Trinajstić information content (AvgIpc) is 3.23. The number of hydrogen-bond acceptors (Lipinski definition) is 8. The summed E-state index contributed by atoms with van der Waals surface area (Å²) in [5.74, 6) is 0.550. The fourth-order valence-electron chi connectivity index (χ4n) is 3.44. The second-order valence-corrected chi connectivity index (χ2v) is 10.3. The van der Waals surface area contributed by atoms with Gasteiger partial charge in [0.25, 0.3) is 10.9 Å². The summed E-state index contributed by atoms with van der Waals surface area (Å²) in [5, 5.41) is 19.7. The van der Waals surface area contributed by atoms with Gasteiger partial charge in [0, 0.05) is 24.7 Å². The second-order valence-electron chi connectivity index (χ2n) is 7.34. The third kappa shape index (κ3) is 4.63. The highest BCUT2D eigenvalue weighted by Crippen LogP contribution is 2.37. The lowest BCUT2D eigenvalue weighted by Gasteiger charge is -2.30. The lowest BCUT2D eigenvalue weighted by Crippen LogP contribution is -2.39. The van der Waals surface area contributed by atoms with Gasteiger partial charge in [-0.2, -0.15) is 4.31 Å². The molecule has 1 unspecified atom stereocenters. The molecule has 11 heteroatoms. The van der Waals surface area contributed by atoms with Crippen molar-refractivity contribution < 1.29 is 17.8 Å². The van der Waals surface area contributed by atoms with Crippen LogP contribution in [-0.4, -0.2) is 40.9 Å². The molecule has 2 aromatic carbocycles. The number of hydrogen-bond donors (Lipinski definition) is 0. The Balaban J connectivity index is 1.61. The van der Waals surface area contributed by atoms with E-state index in [4.69, 9.17) is 4.42 Å². The Morgan fingerprint density at radius 3 is 2.68 bits per heavy atom. The van der Waals surface area contributed by atoms with Crippen molar-refractivity contribution in [1.29, 1.82) is 0 Å². The first-order chi connectivity index (χ1) is 14.8. The average molecular weight is 461 g/mol. The fourth-order valence-corrected chi connectivity index (χ4v) is 5.83. The van der Waals surface area contributed by atoms with Gasteiger partial charge in [0.2, 0.25) is 15.9 Å². The fraction of sp³-hybridized carbons (Fsp3) is 0.300. The summed E-state index contributed by atoms with van der Waals surface area (Å²) in [6.07, 6.45) is 1.74. The van der Waals surface area contributed by atoms with Crippen LogP contribution in [0.25, 0.3) is 11.5 Å². The molecule has 0 amide bonds. The van der Waals surface area contributed by atoms with Gasteiger partial charge in [-0.15, -0.1) is 10.2 Å². The molecule has 1 aromatic heterocycles. The molecular formula is C20H20N4O5S2. The first-order valence-corrected chi connectivity index (χ1v) is 12.0. The van der Waals surface area contributed by atoms with Crippen LogP contribution < -0.4 is 0 Å². The Labute approximate surface area is 183 Å². The minimum Gasteiger partial charge on any atom is -0.411 e. The summed E-state index contributed by atoms with van der Waals surface area (Å²) < 4.78 is 33.0. The minimum atomic E-state index is -3.80. The van der Waals surface area contributed by atoms with Gasteiger partial charge in [0.05, 0.1) is 14.7 Å². The Morgan fingerprint density at radius 1 is 1.19 bits per heavy atom. The number of nitro groups is 1. The van der Waals surface area contributed by atoms with E-state index >= 15 is 0 Å². The Morgan fingerprint density at radius 2 is 1.97 bits per heavy atom. The predicted octanol–water partition coefficient (Wildman–Crippen LogP) is 4.22. The predicted molar refractivity (Wildman–Crippen MR) is 114 cm³/mol. The summed E-state index contributed by atoms with van der Waals surface area (Å²) >= 11 is 0.923. The molecule has 0 N–H and O–H groups in total. The zero-order chi connectivity index (χ0) is 22.0. The number of rotatable bonds is 6. The zero-order valence-electron chi connectivity index (χ0n) is 16.7. The van der Waals surface area contributed by atoms with Gasteiger partial charge >= 0.3 is 0 Å². The van der Waals surface area contributed by atoms with E-state index in [-0.39, 0.29) is 26.6 Å². The molecule has 0 bridgehead atoms. The molecule has 162 valence electrons. The van der Waals surface area contributed by atoms with Gasteiger partial charge < -0.3 is 4.42 Å². The van der Waals surface area contributed by atoms with Crippen LogP contribution in [0.15, 0.2) is 68.0 Å². The number of piperidine rings is 1. The van der Waals surface area contributed by atoms with Crippen LogP contribution in [0.4, 0.5) is 5.69 Å². The van der Waals surface area contributed by atoms with E-state index < -0.39 is 14.9 Å². The van der Waals surface area contributed by atoms with Gasteiger partial charge in [-0.3, -0.25) is 10.1 Å². The molecular weight excluding hydrogens is 440 g/mol. The lowest BCUT2D eigenvalue weighted by atomic mass is 10.0. The van der Waals surface area contributed by atoms with Crippen molar-refractivity contribution in [1.82, 2.24) is 14.5 Å². The van der Waals surface area contributed by atoms with E-state index in [2.05, 4.69) is 10.2 Å². The second kappa shape index (κ2) is 8.77. The summed E-state index contributed by atoms with van der Waals surface area (Å²) in [4.78, 5) is 11.2. The highest BCUT2D eigenvalue weighted by molar-refractivity contribution is 7.99. The third-order valence-electron chi connectivity index (χ3n) is 5.01. The maximum Gasteiger partial charge on any atom is 0.284 e. The van der Waals surface area contributed by atoms with Crippen LogP contribution in [0, 0.1) is 16.0 Å². The number of aromatic nitrogens is 2. The van der Waals surface area contributed by atoms with Crippen molar-refractivity contribution >= 4 is 27.5 Å². The largest absolute Gasteiger partial charge is 0.411 e. The number of nitrogens with zero attached hydrogens (tertiary/aromatic N) is 4. The molecule has 4 rings (SSSR count). The summed E-state index contributed by atoms with van der Waals surface area (Å²) in [5.41, 5.74) is 0.407. The molecule has 1 atom stereocenters. The standard InChI is InChI=1S/C20H20N4O5S2/c1-14-6-5-11-23(13-14)31(27,28)16-9-10-18(17(12-16)24(25)26)30-20-22-21-19(29-20)15-7-3-2-4-8-15/h2-4,7-10,12,14H,5-6,11,13H2,1H3. The summed E-state index contributed by atoms with van der Waals surface area (Å²) in [7, 11) is -3.80. The molecule has 3 aromatic rings. The maximum atomic E-state index is 13.0.